The van der Waals surface area contributed by atoms with E-state index < -0.39 is 17.3 Å². The fourth-order valence-corrected chi connectivity index (χ4v) is 2.65. The molecule has 6 nitrogen and oxygen atoms in total. The summed E-state index contributed by atoms with van der Waals surface area (Å²) in [6.07, 6.45) is 1.52. The highest BCUT2D eigenvalue weighted by atomic mass is 16.4. The molecular weight excluding hydrogens is 236 g/mol. The lowest BCUT2D eigenvalue weighted by Crippen LogP contribution is -2.54. The molecule has 2 aliphatic rings. The second-order valence-electron chi connectivity index (χ2n) is 5.49. The van der Waals surface area contributed by atoms with Gasteiger partial charge in [0.2, 0.25) is 11.8 Å². The van der Waals surface area contributed by atoms with E-state index in [1.54, 1.807) is 4.90 Å². The van der Waals surface area contributed by atoms with Gasteiger partial charge in [0.25, 0.3) is 0 Å². The lowest BCUT2D eigenvalue weighted by molar-refractivity contribution is -0.160. The maximum absolute atomic E-state index is 12.3. The van der Waals surface area contributed by atoms with E-state index in [9.17, 15) is 14.4 Å². The van der Waals surface area contributed by atoms with Crippen molar-refractivity contribution in [3.05, 3.63) is 0 Å². The van der Waals surface area contributed by atoms with Gasteiger partial charge in [0, 0.05) is 13.1 Å². The van der Waals surface area contributed by atoms with Crippen molar-refractivity contribution in [2.75, 3.05) is 13.1 Å². The van der Waals surface area contributed by atoms with Crippen LogP contribution in [0.5, 0.6) is 0 Å². The van der Waals surface area contributed by atoms with Crippen LogP contribution in [0, 0.1) is 11.3 Å². The average molecular weight is 254 g/mol. The molecule has 0 aromatic rings. The third-order valence-electron chi connectivity index (χ3n) is 3.93. The van der Waals surface area contributed by atoms with Crippen LogP contribution in [0.4, 0.5) is 0 Å². The minimum atomic E-state index is -1.44. The first-order valence-electron chi connectivity index (χ1n) is 6.18. The van der Waals surface area contributed by atoms with E-state index in [4.69, 9.17) is 5.11 Å². The molecule has 2 N–H and O–H groups in total. The van der Waals surface area contributed by atoms with E-state index in [1.807, 2.05) is 0 Å². The predicted molar refractivity (Wildman–Crippen MR) is 62.7 cm³/mol. The number of carboxylic acid groups (broad SMARTS) is 1. The van der Waals surface area contributed by atoms with Gasteiger partial charge in [-0.25, -0.2) is 0 Å². The van der Waals surface area contributed by atoms with Crippen LogP contribution in [0.15, 0.2) is 0 Å². The smallest absolute Gasteiger partial charge is 0.318 e. The highest BCUT2D eigenvalue weighted by Crippen LogP contribution is 2.31. The minimum absolute atomic E-state index is 0.0226. The number of piperidine rings is 1. The van der Waals surface area contributed by atoms with Crippen molar-refractivity contribution >= 4 is 17.8 Å². The molecule has 0 aromatic heterocycles. The zero-order valence-corrected chi connectivity index (χ0v) is 10.6. The van der Waals surface area contributed by atoms with Gasteiger partial charge >= 0.3 is 5.97 Å². The Hall–Kier alpha value is -1.59. The fraction of sp³-hybridized carbons (Fsp3) is 0.750. The Labute approximate surface area is 105 Å². The fourth-order valence-electron chi connectivity index (χ4n) is 2.65. The number of carboxylic acids is 1. The number of carbonyl (C=O) groups is 3. The summed E-state index contributed by atoms with van der Waals surface area (Å²) in [5.41, 5.74) is -1.44. The summed E-state index contributed by atoms with van der Waals surface area (Å²) >= 11 is 0. The highest BCUT2D eigenvalue weighted by Gasteiger charge is 2.47. The highest BCUT2D eigenvalue weighted by molar-refractivity contribution is 6.01. The van der Waals surface area contributed by atoms with Crippen LogP contribution < -0.4 is 5.32 Å². The molecule has 0 radical (unpaired) electrons. The van der Waals surface area contributed by atoms with Gasteiger partial charge in [0.15, 0.2) is 0 Å². The van der Waals surface area contributed by atoms with Crippen LogP contribution in [0.1, 0.15) is 26.7 Å². The summed E-state index contributed by atoms with van der Waals surface area (Å²) in [7, 11) is 0. The lowest BCUT2D eigenvalue weighted by atomic mass is 9.86. The molecule has 18 heavy (non-hydrogen) atoms. The van der Waals surface area contributed by atoms with Crippen molar-refractivity contribution in [2.45, 2.75) is 32.7 Å². The maximum Gasteiger partial charge on any atom is 0.318 e. The first-order valence-corrected chi connectivity index (χ1v) is 6.18. The minimum Gasteiger partial charge on any atom is -0.480 e. The molecule has 2 heterocycles. The Morgan fingerprint density at radius 1 is 1.44 bits per heavy atom. The van der Waals surface area contributed by atoms with Crippen LogP contribution in [0.3, 0.4) is 0 Å². The van der Waals surface area contributed by atoms with Crippen molar-refractivity contribution in [2.24, 2.45) is 11.3 Å². The molecule has 0 saturated carbocycles. The van der Waals surface area contributed by atoms with E-state index in [-0.39, 0.29) is 17.9 Å². The second-order valence-corrected chi connectivity index (χ2v) is 5.49. The number of amides is 2. The number of nitrogens with one attached hydrogen (secondary N) is 1. The third kappa shape index (κ3) is 1.85. The van der Waals surface area contributed by atoms with E-state index >= 15 is 0 Å². The molecule has 2 unspecified atom stereocenters. The van der Waals surface area contributed by atoms with E-state index in [1.165, 1.54) is 13.8 Å². The molecule has 6 heteroatoms. The van der Waals surface area contributed by atoms with Crippen molar-refractivity contribution in [1.29, 1.82) is 0 Å². The Balaban J connectivity index is 2.20. The molecule has 0 aromatic carbocycles. The molecule has 0 aliphatic carbocycles. The molecular formula is C12H18N2O4. The molecule has 2 saturated heterocycles. The number of carbonyl (C=O) groups excluding carboxylic acids is 2. The number of fused-ring (bicyclic) bond motifs is 1. The SMILES string of the molecule is CC(C)(C(=O)O)C(=O)N1CCCC2C(=O)NCC21. The van der Waals surface area contributed by atoms with Crippen molar-refractivity contribution in [1.82, 2.24) is 10.2 Å². The van der Waals surface area contributed by atoms with Crippen LogP contribution in [0.2, 0.25) is 0 Å². The summed E-state index contributed by atoms with van der Waals surface area (Å²) < 4.78 is 0. The molecule has 2 aliphatic heterocycles. The van der Waals surface area contributed by atoms with Gasteiger partial charge in [0.1, 0.15) is 5.41 Å². The quantitative estimate of drug-likeness (QED) is 0.670. The van der Waals surface area contributed by atoms with Gasteiger partial charge in [-0.1, -0.05) is 0 Å². The van der Waals surface area contributed by atoms with Gasteiger partial charge in [-0.2, -0.15) is 0 Å². The van der Waals surface area contributed by atoms with E-state index in [0.29, 0.717) is 13.1 Å². The number of aliphatic carboxylic acids is 1. The van der Waals surface area contributed by atoms with Crippen molar-refractivity contribution < 1.29 is 19.5 Å². The molecule has 100 valence electrons. The molecule has 2 fully saturated rings. The number of likely N-dealkylation sites (tertiary alicyclic amines) is 1. The maximum atomic E-state index is 12.3. The van der Waals surface area contributed by atoms with Crippen LogP contribution in [-0.4, -0.2) is 46.9 Å². The van der Waals surface area contributed by atoms with Gasteiger partial charge in [-0.15, -0.1) is 0 Å². The molecule has 2 amide bonds. The number of rotatable bonds is 2. The Morgan fingerprint density at radius 2 is 2.11 bits per heavy atom. The van der Waals surface area contributed by atoms with E-state index in [2.05, 4.69) is 5.32 Å². The summed E-state index contributed by atoms with van der Waals surface area (Å²) in [6.45, 7) is 3.79. The van der Waals surface area contributed by atoms with E-state index in [0.717, 1.165) is 12.8 Å². The van der Waals surface area contributed by atoms with Gasteiger partial charge < -0.3 is 15.3 Å². The van der Waals surface area contributed by atoms with Crippen LogP contribution in [-0.2, 0) is 14.4 Å². The average Bonchev–Trinajstić information content (AvgIpc) is 2.70. The van der Waals surface area contributed by atoms with Gasteiger partial charge in [-0.3, -0.25) is 14.4 Å². The van der Waals surface area contributed by atoms with Crippen molar-refractivity contribution in [3.63, 3.8) is 0 Å². The standard InChI is InChI=1S/C12H18N2O4/c1-12(2,11(17)18)10(16)14-5-3-4-7-8(14)6-13-9(7)15/h7-8H,3-6H2,1-2H3,(H,13,15)(H,17,18). The zero-order valence-electron chi connectivity index (χ0n) is 10.6. The lowest BCUT2D eigenvalue weighted by Gasteiger charge is -2.39. The Kier molecular flexibility index (Phi) is 3.04. The summed E-state index contributed by atoms with van der Waals surface area (Å²) in [5.74, 6) is -1.73. The van der Waals surface area contributed by atoms with Gasteiger partial charge in [-0.05, 0) is 26.7 Å². The van der Waals surface area contributed by atoms with Crippen LogP contribution in [0.25, 0.3) is 0 Å². The number of hydrogen-bond acceptors (Lipinski definition) is 3. The normalized spacial score (nSPS) is 27.7. The topological polar surface area (TPSA) is 86.7 Å². The Bertz CT molecular complexity index is 405. The number of nitrogens with zero attached hydrogens (tertiary/aromatic N) is 1. The summed E-state index contributed by atoms with van der Waals surface area (Å²) in [5, 5.41) is 11.9. The Morgan fingerprint density at radius 3 is 2.72 bits per heavy atom. The van der Waals surface area contributed by atoms with Crippen molar-refractivity contribution in [3.8, 4) is 0 Å². The summed E-state index contributed by atoms with van der Waals surface area (Å²) in [4.78, 5) is 36.6. The first-order chi connectivity index (χ1) is 8.35. The van der Waals surface area contributed by atoms with Crippen LogP contribution >= 0.6 is 0 Å². The monoisotopic (exact) mass is 254 g/mol. The molecule has 0 spiro atoms. The zero-order chi connectivity index (χ0) is 13.5. The largest absolute Gasteiger partial charge is 0.480 e. The molecule has 2 rings (SSSR count). The summed E-state index contributed by atoms with van der Waals surface area (Å²) in [6, 6.07) is -0.183. The third-order valence-corrected chi connectivity index (χ3v) is 3.93. The first kappa shape index (κ1) is 12.9. The molecule has 2 atom stereocenters. The molecule has 0 bridgehead atoms. The predicted octanol–water partition coefficient (Wildman–Crippen LogP) is -0.166. The second kappa shape index (κ2) is 4.26. The van der Waals surface area contributed by atoms with Gasteiger partial charge in [0.05, 0.1) is 12.0 Å². The number of hydrogen-bond donors (Lipinski definition) is 2.